The van der Waals surface area contributed by atoms with Crippen LogP contribution in [0.15, 0.2) is 40.8 Å². The molecular formula is C26H31N3O3. The van der Waals surface area contributed by atoms with Crippen molar-refractivity contribution in [1.82, 2.24) is 4.57 Å². The van der Waals surface area contributed by atoms with Gasteiger partial charge in [-0.2, -0.15) is 5.26 Å². The van der Waals surface area contributed by atoms with Crippen molar-refractivity contribution in [3.8, 4) is 11.9 Å². The zero-order valence-corrected chi connectivity index (χ0v) is 19.3. The van der Waals surface area contributed by atoms with Crippen LogP contribution in [0.2, 0.25) is 0 Å². The van der Waals surface area contributed by atoms with Crippen molar-refractivity contribution in [1.29, 1.82) is 5.26 Å². The summed E-state index contributed by atoms with van der Waals surface area (Å²) in [6.45, 7) is 11.7. The third kappa shape index (κ3) is 3.96. The molecule has 1 aromatic heterocycles. The van der Waals surface area contributed by atoms with Gasteiger partial charge in [0.05, 0.1) is 13.2 Å². The van der Waals surface area contributed by atoms with Crippen LogP contribution in [0.5, 0.6) is 5.88 Å². The first-order valence-electron chi connectivity index (χ1n) is 10.9. The molecule has 0 aliphatic carbocycles. The summed E-state index contributed by atoms with van der Waals surface area (Å²) >= 11 is 0. The topological polar surface area (TPSA) is 78.5 Å². The van der Waals surface area contributed by atoms with Crippen molar-refractivity contribution in [2.45, 2.75) is 45.6 Å². The lowest BCUT2D eigenvalue weighted by Gasteiger charge is -2.27. The maximum atomic E-state index is 13.1. The monoisotopic (exact) mass is 433 g/mol. The first-order chi connectivity index (χ1) is 15.3. The van der Waals surface area contributed by atoms with Crippen LogP contribution < -0.4 is 20.9 Å². The molecule has 168 valence electrons. The van der Waals surface area contributed by atoms with E-state index in [2.05, 4.69) is 44.4 Å². The number of hydrogen-bond donors (Lipinski definition) is 1. The second-order valence-electron chi connectivity index (χ2n) is 8.52. The van der Waals surface area contributed by atoms with E-state index < -0.39 is 5.56 Å². The Morgan fingerprint density at radius 1 is 1.25 bits per heavy atom. The Bertz CT molecular complexity index is 1250. The molecule has 0 saturated carbocycles. The lowest BCUT2D eigenvalue weighted by molar-refractivity contribution is 0.182. The molecule has 0 bridgehead atoms. The molecule has 6 heteroatoms. The van der Waals surface area contributed by atoms with E-state index in [0.717, 1.165) is 25.1 Å². The zero-order chi connectivity index (χ0) is 23.5. The average Bonchev–Trinajstić information content (AvgIpc) is 2.99. The van der Waals surface area contributed by atoms with Gasteiger partial charge in [-0.25, -0.2) is 0 Å². The molecule has 1 N–H and O–H groups in total. The van der Waals surface area contributed by atoms with Crippen molar-refractivity contribution < 1.29 is 9.84 Å². The molecule has 32 heavy (non-hydrogen) atoms. The van der Waals surface area contributed by atoms with Gasteiger partial charge in [-0.1, -0.05) is 52.0 Å². The number of fused-ring (bicyclic) bond motifs is 1. The Kier molecular flexibility index (Phi) is 6.90. The van der Waals surface area contributed by atoms with Crippen LogP contribution in [0, 0.1) is 11.3 Å². The molecule has 1 aromatic carbocycles. The summed E-state index contributed by atoms with van der Waals surface area (Å²) in [5.41, 5.74) is 2.87. The summed E-state index contributed by atoms with van der Waals surface area (Å²) in [6.07, 6.45) is 5.81. The molecule has 1 aliphatic heterocycles. The minimum atomic E-state index is -0.395. The average molecular weight is 434 g/mol. The second-order valence-corrected chi connectivity index (χ2v) is 8.52. The van der Waals surface area contributed by atoms with Gasteiger partial charge in [-0.3, -0.25) is 9.36 Å². The van der Waals surface area contributed by atoms with Crippen molar-refractivity contribution >= 4 is 18.3 Å². The van der Waals surface area contributed by atoms with E-state index in [1.807, 2.05) is 24.3 Å². The molecule has 2 heterocycles. The highest BCUT2D eigenvalue weighted by Gasteiger charge is 2.39. The van der Waals surface area contributed by atoms with E-state index in [1.165, 1.54) is 22.9 Å². The maximum Gasteiger partial charge on any atom is 0.261 e. The predicted octanol–water partition coefficient (Wildman–Crippen LogP) is 2.74. The van der Waals surface area contributed by atoms with Crippen LogP contribution in [0.1, 0.15) is 44.7 Å². The van der Waals surface area contributed by atoms with Gasteiger partial charge in [0.15, 0.2) is 0 Å². The minimum Gasteiger partial charge on any atom is -0.493 e. The summed E-state index contributed by atoms with van der Waals surface area (Å²) < 4.78 is 6.23. The zero-order valence-electron chi connectivity index (χ0n) is 19.3. The lowest BCUT2D eigenvalue weighted by Crippen LogP contribution is -2.46. The number of ether oxygens (including phenoxy) is 1. The summed E-state index contributed by atoms with van der Waals surface area (Å²) in [5.74, 6) is -0.373. The van der Waals surface area contributed by atoms with Gasteiger partial charge in [0.1, 0.15) is 11.6 Å². The molecule has 0 saturated heterocycles. The van der Waals surface area contributed by atoms with E-state index in [9.17, 15) is 15.2 Å². The normalized spacial score (nSPS) is 16.4. The second kappa shape index (κ2) is 9.46. The number of allylic oxidation sites excluding steroid dienone is 2. The highest BCUT2D eigenvalue weighted by molar-refractivity contribution is 5.71. The highest BCUT2D eigenvalue weighted by Crippen LogP contribution is 2.47. The van der Waals surface area contributed by atoms with Gasteiger partial charge in [0, 0.05) is 40.9 Å². The van der Waals surface area contributed by atoms with Gasteiger partial charge < -0.3 is 14.7 Å². The molecule has 2 aromatic rings. The number of pyridine rings is 1. The number of methoxy groups -OCH3 is 1. The molecule has 0 fully saturated rings. The lowest BCUT2D eigenvalue weighted by atomic mass is 9.83. The van der Waals surface area contributed by atoms with Crippen molar-refractivity contribution in [3.63, 3.8) is 0 Å². The number of aromatic hydroxyl groups is 1. The minimum absolute atomic E-state index is 0.00200. The van der Waals surface area contributed by atoms with E-state index >= 15 is 0 Å². The Hall–Kier alpha value is -3.30. The number of unbranched alkanes of at least 4 members (excludes halogenated alkanes) is 1. The third-order valence-corrected chi connectivity index (χ3v) is 6.16. The molecule has 0 unspecified atom stereocenters. The third-order valence-electron chi connectivity index (χ3n) is 6.16. The standard InChI is InChI=1S/C26H31N3O3/c1-6-7-14-28-22-11-9-8-10-21(22)26(3,4)23(28)13-12-19-18(2)20(17-27)25(31)29(24(19)30)15-16-32-5/h8-13,31H,2,6-7,14-16H2,1,3-5H3/b19-12+,23-13?. The van der Waals surface area contributed by atoms with Crippen molar-refractivity contribution in [2.75, 3.05) is 25.2 Å². The van der Waals surface area contributed by atoms with Crippen molar-refractivity contribution in [2.24, 2.45) is 0 Å². The fourth-order valence-electron chi connectivity index (χ4n) is 4.31. The Labute approximate surface area is 189 Å². The van der Waals surface area contributed by atoms with Gasteiger partial charge in [0.25, 0.3) is 5.56 Å². The Morgan fingerprint density at radius 3 is 2.62 bits per heavy atom. The van der Waals surface area contributed by atoms with E-state index in [4.69, 9.17) is 4.74 Å². The van der Waals surface area contributed by atoms with Crippen LogP contribution in [0.3, 0.4) is 0 Å². The van der Waals surface area contributed by atoms with Crippen LogP contribution in [0.4, 0.5) is 5.69 Å². The van der Waals surface area contributed by atoms with Gasteiger partial charge in [0.2, 0.25) is 5.88 Å². The predicted molar refractivity (Wildman–Crippen MR) is 128 cm³/mol. The van der Waals surface area contributed by atoms with E-state index in [-0.39, 0.29) is 35.2 Å². The summed E-state index contributed by atoms with van der Waals surface area (Å²) in [4.78, 5) is 15.5. The molecule has 3 rings (SSSR count). The number of hydrogen-bond acceptors (Lipinski definition) is 5. The maximum absolute atomic E-state index is 13.1. The van der Waals surface area contributed by atoms with Gasteiger partial charge in [-0.15, -0.1) is 0 Å². The molecule has 0 amide bonds. The molecule has 1 aliphatic rings. The van der Waals surface area contributed by atoms with Crippen LogP contribution in [-0.4, -0.2) is 29.9 Å². The number of nitrogens with zero attached hydrogens (tertiary/aromatic N) is 3. The van der Waals surface area contributed by atoms with E-state index in [1.54, 1.807) is 6.08 Å². The van der Waals surface area contributed by atoms with E-state index in [0.29, 0.717) is 5.22 Å². The van der Waals surface area contributed by atoms with Crippen LogP contribution in [0.25, 0.3) is 12.7 Å². The number of rotatable bonds is 7. The molecule has 0 radical (unpaired) electrons. The number of nitriles is 1. The largest absolute Gasteiger partial charge is 0.493 e. The Morgan fingerprint density at radius 2 is 1.97 bits per heavy atom. The van der Waals surface area contributed by atoms with Crippen molar-refractivity contribution in [3.05, 3.63) is 68.0 Å². The number of aromatic nitrogens is 1. The first-order valence-corrected chi connectivity index (χ1v) is 10.9. The smallest absolute Gasteiger partial charge is 0.261 e. The van der Waals surface area contributed by atoms with Crippen LogP contribution >= 0.6 is 0 Å². The summed E-state index contributed by atoms with van der Waals surface area (Å²) in [7, 11) is 1.52. The van der Waals surface area contributed by atoms with Gasteiger partial charge >= 0.3 is 0 Å². The quantitative estimate of drug-likeness (QED) is 0.726. The first kappa shape index (κ1) is 23.4. The molecule has 6 nitrogen and oxygen atoms in total. The summed E-state index contributed by atoms with van der Waals surface area (Å²) in [5, 5.41) is 20.5. The number of para-hydroxylation sites is 1. The fourth-order valence-corrected chi connectivity index (χ4v) is 4.31. The highest BCUT2D eigenvalue weighted by atomic mass is 16.5. The Balaban J connectivity index is 2.24. The SMILES string of the molecule is C=c1c(C#N)c(O)n(CCOC)c(=O)/c1=C/C=C1N(CCCC)c2ccccc2C1(C)C. The fraction of sp³-hybridized carbons (Fsp3) is 0.385. The number of benzene rings is 1. The number of anilines is 1. The molecule has 0 spiro atoms. The van der Waals surface area contributed by atoms with Gasteiger partial charge in [-0.05, 0) is 30.2 Å². The summed E-state index contributed by atoms with van der Waals surface area (Å²) in [6, 6.07) is 10.3. The molecular weight excluding hydrogens is 402 g/mol. The van der Waals surface area contributed by atoms with Crippen LogP contribution in [-0.2, 0) is 16.7 Å². The molecule has 0 atom stereocenters.